The second-order valence-electron chi connectivity index (χ2n) is 6.95. The van der Waals surface area contributed by atoms with Crippen molar-refractivity contribution in [2.45, 2.75) is 26.5 Å². The van der Waals surface area contributed by atoms with Gasteiger partial charge in [-0.1, -0.05) is 26.0 Å². The Morgan fingerprint density at radius 2 is 1.96 bits per heavy atom. The van der Waals surface area contributed by atoms with Crippen LogP contribution in [-0.2, 0) is 11.5 Å². The quantitative estimate of drug-likeness (QED) is 0.769. The third-order valence-corrected chi connectivity index (χ3v) is 4.60. The summed E-state index contributed by atoms with van der Waals surface area (Å²) in [6, 6.07) is 9.75. The molecule has 0 atom stereocenters. The molecule has 1 aliphatic heterocycles. The molecule has 0 radical (unpaired) electrons. The molecule has 0 bridgehead atoms. The highest BCUT2D eigenvalue weighted by Crippen LogP contribution is 2.18. The molecule has 0 unspecified atom stereocenters. The minimum atomic E-state index is -0.164. The minimum Gasteiger partial charge on any atom is -0.471 e. The predicted octanol–water partition coefficient (Wildman–Crippen LogP) is 2.10. The number of ether oxygens (including phenoxy) is 2. The number of hydrogen-bond donors (Lipinski definition) is 1. The van der Waals surface area contributed by atoms with E-state index in [1.54, 1.807) is 16.9 Å². The first kappa shape index (κ1) is 19.4. The summed E-state index contributed by atoms with van der Waals surface area (Å²) < 4.78 is 12.7. The number of amides is 1. The van der Waals surface area contributed by atoms with Gasteiger partial charge in [0.05, 0.1) is 13.2 Å². The Balaban J connectivity index is 1.42. The van der Waals surface area contributed by atoms with Crippen molar-refractivity contribution in [3.05, 3.63) is 47.8 Å². The van der Waals surface area contributed by atoms with E-state index < -0.39 is 0 Å². The maximum atomic E-state index is 12.2. The molecule has 7 heteroatoms. The van der Waals surface area contributed by atoms with E-state index in [0.29, 0.717) is 18.2 Å². The molecule has 2 heterocycles. The van der Waals surface area contributed by atoms with E-state index in [4.69, 9.17) is 9.47 Å². The number of benzene rings is 1. The normalized spacial score (nSPS) is 15.1. The van der Waals surface area contributed by atoms with Gasteiger partial charge < -0.3 is 14.8 Å². The fourth-order valence-corrected chi connectivity index (χ4v) is 2.89. The van der Waals surface area contributed by atoms with Crippen molar-refractivity contribution in [1.82, 2.24) is 20.0 Å². The largest absolute Gasteiger partial charge is 0.471 e. The van der Waals surface area contributed by atoms with Crippen LogP contribution in [-0.4, -0.2) is 60.0 Å². The van der Waals surface area contributed by atoms with Crippen LogP contribution in [0.5, 0.6) is 5.75 Å². The number of aromatic nitrogens is 2. The monoisotopic (exact) mass is 372 g/mol. The van der Waals surface area contributed by atoms with Gasteiger partial charge in [-0.25, -0.2) is 4.68 Å². The number of hydrogen-bond acceptors (Lipinski definition) is 5. The average molecular weight is 372 g/mol. The van der Waals surface area contributed by atoms with E-state index >= 15 is 0 Å². The number of morpholine rings is 1. The van der Waals surface area contributed by atoms with Crippen LogP contribution in [0.4, 0.5) is 0 Å². The molecule has 1 saturated heterocycles. The zero-order valence-electron chi connectivity index (χ0n) is 16.1. The summed E-state index contributed by atoms with van der Waals surface area (Å²) >= 11 is 0. The maximum Gasteiger partial charge on any atom is 0.271 e. The standard InChI is InChI=1S/C20H28N4O3/c1-16(2)17-3-5-18(6-4-17)27-15-24-9-7-19(22-24)20(25)21-8-10-23-11-13-26-14-12-23/h3-7,9,16H,8,10-15H2,1-2H3,(H,21,25). The molecule has 1 aliphatic rings. The topological polar surface area (TPSA) is 68.6 Å². The molecule has 0 saturated carbocycles. The third kappa shape index (κ3) is 5.80. The Bertz CT molecular complexity index is 721. The van der Waals surface area contributed by atoms with Gasteiger partial charge in [0.15, 0.2) is 6.73 Å². The SMILES string of the molecule is CC(C)c1ccc(OCn2ccc(C(=O)NCCN3CCOCC3)n2)cc1. The second-order valence-corrected chi connectivity index (χ2v) is 6.95. The molecule has 1 N–H and O–H groups in total. The van der Waals surface area contributed by atoms with Crippen molar-refractivity contribution < 1.29 is 14.3 Å². The van der Waals surface area contributed by atoms with Gasteiger partial charge in [0.25, 0.3) is 5.91 Å². The molecule has 3 rings (SSSR count). The molecule has 27 heavy (non-hydrogen) atoms. The van der Waals surface area contributed by atoms with E-state index in [0.717, 1.165) is 38.6 Å². The van der Waals surface area contributed by atoms with E-state index in [2.05, 4.69) is 41.3 Å². The molecule has 1 aromatic heterocycles. The summed E-state index contributed by atoms with van der Waals surface area (Å²) in [7, 11) is 0. The summed E-state index contributed by atoms with van der Waals surface area (Å²) in [5, 5.41) is 7.19. The molecule has 0 spiro atoms. The summed E-state index contributed by atoms with van der Waals surface area (Å²) in [6.07, 6.45) is 1.75. The highest BCUT2D eigenvalue weighted by atomic mass is 16.5. The predicted molar refractivity (Wildman–Crippen MR) is 103 cm³/mol. The second kappa shape index (κ2) is 9.53. The van der Waals surface area contributed by atoms with Gasteiger partial charge in [-0.05, 0) is 29.7 Å². The van der Waals surface area contributed by atoms with Crippen LogP contribution in [0.1, 0.15) is 35.8 Å². The zero-order chi connectivity index (χ0) is 19.1. The molecule has 1 aromatic carbocycles. The fourth-order valence-electron chi connectivity index (χ4n) is 2.89. The van der Waals surface area contributed by atoms with Crippen molar-refractivity contribution in [3.63, 3.8) is 0 Å². The summed E-state index contributed by atoms with van der Waals surface area (Å²) in [4.78, 5) is 14.5. The number of rotatable bonds is 8. The Hall–Kier alpha value is -2.38. The van der Waals surface area contributed by atoms with Crippen LogP contribution in [0.15, 0.2) is 36.5 Å². The fraction of sp³-hybridized carbons (Fsp3) is 0.500. The van der Waals surface area contributed by atoms with E-state index in [1.165, 1.54) is 5.56 Å². The smallest absolute Gasteiger partial charge is 0.271 e. The van der Waals surface area contributed by atoms with Crippen LogP contribution in [0.3, 0.4) is 0 Å². The minimum absolute atomic E-state index is 0.164. The molecule has 1 fully saturated rings. The first-order valence-electron chi connectivity index (χ1n) is 9.46. The van der Waals surface area contributed by atoms with E-state index in [9.17, 15) is 4.79 Å². The van der Waals surface area contributed by atoms with Gasteiger partial charge in [0, 0.05) is 32.4 Å². The molecular weight excluding hydrogens is 344 g/mol. The Morgan fingerprint density at radius 1 is 1.22 bits per heavy atom. The maximum absolute atomic E-state index is 12.2. The van der Waals surface area contributed by atoms with Crippen LogP contribution < -0.4 is 10.1 Å². The molecule has 2 aromatic rings. The van der Waals surface area contributed by atoms with Gasteiger partial charge in [0.1, 0.15) is 11.4 Å². The lowest BCUT2D eigenvalue weighted by atomic mass is 10.0. The van der Waals surface area contributed by atoms with Crippen LogP contribution >= 0.6 is 0 Å². The number of nitrogens with one attached hydrogen (secondary N) is 1. The van der Waals surface area contributed by atoms with E-state index in [1.807, 2.05) is 12.1 Å². The Morgan fingerprint density at radius 3 is 2.67 bits per heavy atom. The Labute approximate surface area is 160 Å². The van der Waals surface area contributed by atoms with Gasteiger partial charge in [-0.2, -0.15) is 5.10 Å². The van der Waals surface area contributed by atoms with Crippen LogP contribution in [0, 0.1) is 0 Å². The molecule has 7 nitrogen and oxygen atoms in total. The molecule has 146 valence electrons. The highest BCUT2D eigenvalue weighted by molar-refractivity contribution is 5.92. The lowest BCUT2D eigenvalue weighted by Gasteiger charge is -2.26. The molecule has 1 amide bonds. The average Bonchev–Trinajstić information content (AvgIpc) is 3.17. The Kier molecular flexibility index (Phi) is 6.84. The van der Waals surface area contributed by atoms with Gasteiger partial charge >= 0.3 is 0 Å². The first-order valence-corrected chi connectivity index (χ1v) is 9.46. The first-order chi connectivity index (χ1) is 13.1. The van der Waals surface area contributed by atoms with Gasteiger partial charge in [-0.3, -0.25) is 9.69 Å². The molecule has 0 aliphatic carbocycles. The van der Waals surface area contributed by atoms with Crippen molar-refractivity contribution in [3.8, 4) is 5.75 Å². The van der Waals surface area contributed by atoms with Gasteiger partial charge in [-0.15, -0.1) is 0 Å². The van der Waals surface area contributed by atoms with Crippen molar-refractivity contribution in [2.75, 3.05) is 39.4 Å². The van der Waals surface area contributed by atoms with Gasteiger partial charge in [0.2, 0.25) is 0 Å². The third-order valence-electron chi connectivity index (χ3n) is 4.60. The zero-order valence-corrected chi connectivity index (χ0v) is 16.1. The van der Waals surface area contributed by atoms with Crippen molar-refractivity contribution >= 4 is 5.91 Å². The number of carbonyl (C=O) groups excluding carboxylic acids is 1. The lowest BCUT2D eigenvalue weighted by molar-refractivity contribution is 0.0383. The summed E-state index contributed by atoms with van der Waals surface area (Å²) in [5.41, 5.74) is 1.67. The molecular formula is C20H28N4O3. The van der Waals surface area contributed by atoms with Crippen LogP contribution in [0.25, 0.3) is 0 Å². The van der Waals surface area contributed by atoms with E-state index in [-0.39, 0.29) is 12.6 Å². The number of nitrogens with zero attached hydrogens (tertiary/aromatic N) is 3. The van der Waals surface area contributed by atoms with Crippen LogP contribution in [0.2, 0.25) is 0 Å². The lowest BCUT2D eigenvalue weighted by Crippen LogP contribution is -2.41. The highest BCUT2D eigenvalue weighted by Gasteiger charge is 2.12. The van der Waals surface area contributed by atoms with Crippen molar-refractivity contribution in [2.24, 2.45) is 0 Å². The summed E-state index contributed by atoms with van der Waals surface area (Å²) in [6.45, 7) is 9.37. The summed E-state index contributed by atoms with van der Waals surface area (Å²) in [5.74, 6) is 1.11. The number of carbonyl (C=O) groups is 1. The van der Waals surface area contributed by atoms with Crippen molar-refractivity contribution in [1.29, 1.82) is 0 Å².